The van der Waals surface area contributed by atoms with Gasteiger partial charge in [0.15, 0.2) is 0 Å². The van der Waals surface area contributed by atoms with E-state index in [4.69, 9.17) is 0 Å². The summed E-state index contributed by atoms with van der Waals surface area (Å²) in [6.45, 7) is 6.57. The maximum absolute atomic E-state index is 12.5. The van der Waals surface area contributed by atoms with Gasteiger partial charge in [-0.3, -0.25) is 4.79 Å². The average Bonchev–Trinajstić information content (AvgIpc) is 3.13. The van der Waals surface area contributed by atoms with E-state index in [0.717, 1.165) is 44.7 Å². The SMILES string of the molecule is Cl.O=C(NCCCN1CCNCC1)c1ccccc1Cn1cncn1. The number of halogens is 1. The summed E-state index contributed by atoms with van der Waals surface area (Å²) in [6.07, 6.45) is 4.12. The van der Waals surface area contributed by atoms with Crippen molar-refractivity contribution >= 4 is 18.3 Å². The van der Waals surface area contributed by atoms with E-state index in [-0.39, 0.29) is 18.3 Å². The number of aromatic nitrogens is 3. The standard InChI is InChI=1S/C17H24N6O.ClH/c24-17(20-6-3-9-22-10-7-18-8-11-22)16-5-2-1-4-15(16)12-23-14-19-13-21-23;/h1-2,4-5,13-14,18H,3,6-12H2,(H,20,24);1H. The minimum absolute atomic E-state index is 0. The number of nitrogens with one attached hydrogen (secondary N) is 2. The van der Waals surface area contributed by atoms with E-state index in [0.29, 0.717) is 18.7 Å². The monoisotopic (exact) mass is 364 g/mol. The summed E-state index contributed by atoms with van der Waals surface area (Å²) in [5.74, 6) is -0.0222. The van der Waals surface area contributed by atoms with Crippen molar-refractivity contribution in [2.24, 2.45) is 0 Å². The zero-order valence-corrected chi connectivity index (χ0v) is 15.0. The molecule has 0 spiro atoms. The molecule has 1 aromatic carbocycles. The van der Waals surface area contributed by atoms with Crippen molar-refractivity contribution in [3.63, 3.8) is 0 Å². The van der Waals surface area contributed by atoms with E-state index in [1.165, 1.54) is 6.33 Å². The predicted molar refractivity (Wildman–Crippen MR) is 99.1 cm³/mol. The molecule has 8 heteroatoms. The van der Waals surface area contributed by atoms with Gasteiger partial charge >= 0.3 is 0 Å². The van der Waals surface area contributed by atoms with Gasteiger partial charge in [0.2, 0.25) is 0 Å². The van der Waals surface area contributed by atoms with Crippen LogP contribution in [0.4, 0.5) is 0 Å². The summed E-state index contributed by atoms with van der Waals surface area (Å²) in [6, 6.07) is 7.64. The molecule has 1 aromatic heterocycles. The quantitative estimate of drug-likeness (QED) is 0.710. The molecule has 1 aliphatic heterocycles. The molecule has 1 amide bonds. The van der Waals surface area contributed by atoms with Gasteiger partial charge in [0.1, 0.15) is 12.7 Å². The first-order chi connectivity index (χ1) is 11.8. The fraction of sp³-hybridized carbons (Fsp3) is 0.471. The van der Waals surface area contributed by atoms with Crippen LogP contribution >= 0.6 is 12.4 Å². The van der Waals surface area contributed by atoms with Gasteiger partial charge in [-0.2, -0.15) is 5.10 Å². The van der Waals surface area contributed by atoms with Crippen molar-refractivity contribution in [1.29, 1.82) is 0 Å². The molecule has 136 valence electrons. The number of hydrogen-bond donors (Lipinski definition) is 2. The van der Waals surface area contributed by atoms with Crippen molar-refractivity contribution in [1.82, 2.24) is 30.3 Å². The fourth-order valence-corrected chi connectivity index (χ4v) is 2.90. The molecule has 2 heterocycles. The van der Waals surface area contributed by atoms with Gasteiger partial charge < -0.3 is 15.5 Å². The third kappa shape index (κ3) is 5.81. The lowest BCUT2D eigenvalue weighted by atomic mass is 10.1. The molecule has 0 atom stereocenters. The first kappa shape index (κ1) is 19.4. The minimum atomic E-state index is -0.0222. The van der Waals surface area contributed by atoms with Crippen molar-refractivity contribution in [3.05, 3.63) is 48.0 Å². The van der Waals surface area contributed by atoms with Crippen LogP contribution in [-0.2, 0) is 6.54 Å². The van der Waals surface area contributed by atoms with Crippen LogP contribution in [0.15, 0.2) is 36.9 Å². The highest BCUT2D eigenvalue weighted by Crippen LogP contribution is 2.10. The van der Waals surface area contributed by atoms with Gasteiger partial charge in [0.05, 0.1) is 6.54 Å². The molecular formula is C17H25ClN6O. The van der Waals surface area contributed by atoms with Gasteiger partial charge in [0, 0.05) is 38.3 Å². The first-order valence-electron chi connectivity index (χ1n) is 8.44. The van der Waals surface area contributed by atoms with E-state index in [1.807, 2.05) is 24.3 Å². The second-order valence-electron chi connectivity index (χ2n) is 5.95. The minimum Gasteiger partial charge on any atom is -0.352 e. The molecule has 3 rings (SSSR count). The van der Waals surface area contributed by atoms with E-state index >= 15 is 0 Å². The van der Waals surface area contributed by atoms with Gasteiger partial charge in [-0.1, -0.05) is 18.2 Å². The summed E-state index contributed by atoms with van der Waals surface area (Å²) in [5, 5.41) is 10.5. The van der Waals surface area contributed by atoms with Gasteiger partial charge in [0.25, 0.3) is 5.91 Å². The van der Waals surface area contributed by atoms with Crippen LogP contribution in [0.1, 0.15) is 22.3 Å². The number of carbonyl (C=O) groups is 1. The number of piperazine rings is 1. The highest BCUT2D eigenvalue weighted by atomic mass is 35.5. The van der Waals surface area contributed by atoms with Crippen LogP contribution in [0.5, 0.6) is 0 Å². The molecule has 0 aliphatic carbocycles. The highest BCUT2D eigenvalue weighted by molar-refractivity contribution is 5.95. The molecule has 2 N–H and O–H groups in total. The second kappa shape index (κ2) is 10.1. The summed E-state index contributed by atoms with van der Waals surface area (Å²) >= 11 is 0. The number of rotatable bonds is 7. The van der Waals surface area contributed by atoms with E-state index in [9.17, 15) is 4.79 Å². The molecule has 7 nitrogen and oxygen atoms in total. The number of benzene rings is 1. The van der Waals surface area contributed by atoms with E-state index < -0.39 is 0 Å². The first-order valence-corrected chi connectivity index (χ1v) is 8.44. The second-order valence-corrected chi connectivity index (χ2v) is 5.95. The molecule has 1 saturated heterocycles. The van der Waals surface area contributed by atoms with Crippen molar-refractivity contribution in [3.8, 4) is 0 Å². The third-order valence-corrected chi connectivity index (χ3v) is 4.21. The molecule has 0 radical (unpaired) electrons. The van der Waals surface area contributed by atoms with Gasteiger partial charge in [-0.25, -0.2) is 9.67 Å². The summed E-state index contributed by atoms with van der Waals surface area (Å²) < 4.78 is 1.72. The van der Waals surface area contributed by atoms with Crippen LogP contribution in [0.2, 0.25) is 0 Å². The molecule has 0 bridgehead atoms. The molecule has 25 heavy (non-hydrogen) atoms. The largest absolute Gasteiger partial charge is 0.352 e. The lowest BCUT2D eigenvalue weighted by molar-refractivity contribution is 0.0950. The number of amides is 1. The molecule has 1 fully saturated rings. The molecule has 0 saturated carbocycles. The maximum Gasteiger partial charge on any atom is 0.251 e. The Kier molecular flexibility index (Phi) is 7.84. The Morgan fingerprint density at radius 3 is 2.80 bits per heavy atom. The maximum atomic E-state index is 12.5. The normalized spacial score (nSPS) is 14.7. The lowest BCUT2D eigenvalue weighted by Crippen LogP contribution is -2.44. The van der Waals surface area contributed by atoms with Gasteiger partial charge in [-0.05, 0) is 24.6 Å². The van der Waals surface area contributed by atoms with Crippen LogP contribution in [0.25, 0.3) is 0 Å². The topological polar surface area (TPSA) is 75.1 Å². The Morgan fingerprint density at radius 2 is 2.04 bits per heavy atom. The van der Waals surface area contributed by atoms with Crippen molar-refractivity contribution < 1.29 is 4.79 Å². The number of carbonyl (C=O) groups excluding carboxylic acids is 1. The Balaban J connectivity index is 0.00000225. The lowest BCUT2D eigenvalue weighted by Gasteiger charge is -2.27. The average molecular weight is 365 g/mol. The van der Waals surface area contributed by atoms with Crippen LogP contribution in [-0.4, -0.2) is 64.8 Å². The molecule has 1 aliphatic rings. The third-order valence-electron chi connectivity index (χ3n) is 4.21. The molecule has 0 unspecified atom stereocenters. The summed E-state index contributed by atoms with van der Waals surface area (Å²) in [4.78, 5) is 18.8. The Morgan fingerprint density at radius 1 is 1.24 bits per heavy atom. The van der Waals surface area contributed by atoms with Crippen LogP contribution in [0.3, 0.4) is 0 Å². The summed E-state index contributed by atoms with van der Waals surface area (Å²) in [7, 11) is 0. The number of hydrogen-bond acceptors (Lipinski definition) is 5. The van der Waals surface area contributed by atoms with Crippen molar-refractivity contribution in [2.45, 2.75) is 13.0 Å². The molecular weight excluding hydrogens is 340 g/mol. The van der Waals surface area contributed by atoms with Gasteiger partial charge in [-0.15, -0.1) is 12.4 Å². The highest BCUT2D eigenvalue weighted by Gasteiger charge is 2.12. The molecule has 2 aromatic rings. The van der Waals surface area contributed by atoms with E-state index in [1.54, 1.807) is 11.0 Å². The predicted octanol–water partition coefficient (Wildman–Crippen LogP) is 0.773. The number of nitrogens with zero attached hydrogens (tertiary/aromatic N) is 4. The zero-order valence-electron chi connectivity index (χ0n) is 14.2. The van der Waals surface area contributed by atoms with E-state index in [2.05, 4.69) is 25.6 Å². The van der Waals surface area contributed by atoms with Crippen LogP contribution in [0, 0.1) is 0 Å². The summed E-state index contributed by atoms with van der Waals surface area (Å²) in [5.41, 5.74) is 1.65. The smallest absolute Gasteiger partial charge is 0.251 e. The van der Waals surface area contributed by atoms with Crippen LogP contribution < -0.4 is 10.6 Å². The Hall–Kier alpha value is -1.96. The fourth-order valence-electron chi connectivity index (χ4n) is 2.90. The zero-order chi connectivity index (χ0) is 16.6. The van der Waals surface area contributed by atoms with Crippen molar-refractivity contribution in [2.75, 3.05) is 39.3 Å². The Bertz CT molecular complexity index is 642. The Labute approximate surface area is 154 Å².